The first-order valence-corrected chi connectivity index (χ1v) is 7.53. The number of nitrogens with one attached hydrogen (secondary N) is 1. The van der Waals surface area contributed by atoms with Crippen LogP contribution >= 0.6 is 11.3 Å². The lowest BCUT2D eigenvalue weighted by atomic mass is 9.87. The van der Waals surface area contributed by atoms with Gasteiger partial charge in [-0.1, -0.05) is 0 Å². The van der Waals surface area contributed by atoms with Crippen LogP contribution in [-0.4, -0.2) is 23.7 Å². The van der Waals surface area contributed by atoms with Crippen LogP contribution in [0.2, 0.25) is 0 Å². The van der Waals surface area contributed by atoms with Crippen LogP contribution in [0.3, 0.4) is 0 Å². The van der Waals surface area contributed by atoms with E-state index in [-0.39, 0.29) is 17.9 Å². The van der Waals surface area contributed by atoms with Crippen LogP contribution in [0.5, 0.6) is 0 Å². The van der Waals surface area contributed by atoms with Gasteiger partial charge in [0.05, 0.1) is 6.10 Å². The van der Waals surface area contributed by atoms with Gasteiger partial charge in [-0.25, -0.2) is 0 Å². The number of rotatable bonds is 4. The van der Waals surface area contributed by atoms with Crippen molar-refractivity contribution in [1.82, 2.24) is 5.32 Å². The predicted molar refractivity (Wildman–Crippen MR) is 73.7 cm³/mol. The van der Waals surface area contributed by atoms with Crippen LogP contribution in [0, 0.1) is 12.8 Å². The van der Waals surface area contributed by atoms with Crippen molar-refractivity contribution in [2.24, 2.45) is 5.92 Å². The Labute approximate surface area is 112 Å². The normalized spacial score (nSPS) is 23.9. The summed E-state index contributed by atoms with van der Waals surface area (Å²) in [5, 5.41) is 14.5. The molecule has 0 bridgehead atoms. The maximum Gasteiger partial charge on any atom is 0.223 e. The highest BCUT2D eigenvalue weighted by molar-refractivity contribution is 7.10. The Hall–Kier alpha value is -0.870. The molecule has 1 aliphatic carbocycles. The van der Waals surface area contributed by atoms with Crippen molar-refractivity contribution in [3.63, 3.8) is 0 Å². The maximum atomic E-state index is 11.9. The van der Waals surface area contributed by atoms with Crippen LogP contribution in [0.15, 0.2) is 11.4 Å². The van der Waals surface area contributed by atoms with E-state index in [1.807, 2.05) is 0 Å². The molecule has 4 heteroatoms. The Bertz CT molecular complexity index is 394. The summed E-state index contributed by atoms with van der Waals surface area (Å²) in [6.45, 7) is 2.83. The van der Waals surface area contributed by atoms with E-state index in [0.717, 1.165) is 38.6 Å². The highest BCUT2D eigenvalue weighted by Crippen LogP contribution is 2.24. The number of aliphatic hydroxyl groups excluding tert-OH is 1. The quantitative estimate of drug-likeness (QED) is 0.879. The number of thiophene rings is 1. The van der Waals surface area contributed by atoms with E-state index in [4.69, 9.17) is 0 Å². The Morgan fingerprint density at radius 3 is 2.78 bits per heavy atom. The fourth-order valence-electron chi connectivity index (χ4n) is 2.44. The third kappa shape index (κ3) is 3.56. The van der Waals surface area contributed by atoms with Gasteiger partial charge in [-0.2, -0.15) is 0 Å². The molecule has 100 valence electrons. The lowest BCUT2D eigenvalue weighted by molar-refractivity contribution is -0.126. The second-order valence-electron chi connectivity index (χ2n) is 5.07. The molecule has 1 saturated carbocycles. The maximum absolute atomic E-state index is 11.9. The van der Waals surface area contributed by atoms with Gasteiger partial charge in [-0.15, -0.1) is 11.3 Å². The summed E-state index contributed by atoms with van der Waals surface area (Å²) < 4.78 is 0. The highest BCUT2D eigenvalue weighted by Gasteiger charge is 2.24. The number of hydrogen-bond acceptors (Lipinski definition) is 3. The van der Waals surface area contributed by atoms with E-state index < -0.39 is 0 Å². The third-order valence-electron chi connectivity index (χ3n) is 3.69. The second kappa shape index (κ2) is 6.34. The summed E-state index contributed by atoms with van der Waals surface area (Å²) in [7, 11) is 0. The number of hydrogen-bond donors (Lipinski definition) is 2. The summed E-state index contributed by atoms with van der Waals surface area (Å²) >= 11 is 1.75. The molecule has 2 rings (SSSR count). The van der Waals surface area contributed by atoms with E-state index in [0.29, 0.717) is 0 Å². The SMILES string of the molecule is Cc1ccsc1CCNC(=O)C1CCC(O)CC1. The van der Waals surface area contributed by atoms with Gasteiger partial charge < -0.3 is 10.4 Å². The van der Waals surface area contributed by atoms with Crippen molar-refractivity contribution in [3.8, 4) is 0 Å². The third-order valence-corrected chi connectivity index (χ3v) is 4.77. The van der Waals surface area contributed by atoms with E-state index in [2.05, 4.69) is 23.7 Å². The molecule has 1 amide bonds. The van der Waals surface area contributed by atoms with E-state index >= 15 is 0 Å². The molecule has 1 aromatic rings. The number of aliphatic hydroxyl groups is 1. The minimum Gasteiger partial charge on any atom is -0.393 e. The Kier molecular flexibility index (Phi) is 4.78. The molecule has 0 saturated heterocycles. The molecule has 0 radical (unpaired) electrons. The Balaban J connectivity index is 1.70. The van der Waals surface area contributed by atoms with Crippen LogP contribution in [-0.2, 0) is 11.2 Å². The molecular weight excluding hydrogens is 246 g/mol. The summed E-state index contributed by atoms with van der Waals surface area (Å²) in [6, 6.07) is 2.12. The summed E-state index contributed by atoms with van der Waals surface area (Å²) in [5.41, 5.74) is 1.31. The van der Waals surface area contributed by atoms with Gasteiger partial charge in [0.15, 0.2) is 0 Å². The first-order chi connectivity index (χ1) is 8.66. The van der Waals surface area contributed by atoms with Crippen LogP contribution in [0.4, 0.5) is 0 Å². The van der Waals surface area contributed by atoms with Gasteiger partial charge in [0, 0.05) is 17.3 Å². The number of amides is 1. The lowest BCUT2D eigenvalue weighted by Crippen LogP contribution is -2.35. The average Bonchev–Trinajstić information content (AvgIpc) is 2.76. The van der Waals surface area contributed by atoms with Gasteiger partial charge in [0.1, 0.15) is 0 Å². The molecule has 1 aromatic heterocycles. The van der Waals surface area contributed by atoms with E-state index in [1.54, 1.807) is 11.3 Å². The lowest BCUT2D eigenvalue weighted by Gasteiger charge is -2.24. The molecule has 1 fully saturated rings. The number of carbonyl (C=O) groups excluding carboxylic acids is 1. The predicted octanol–water partition coefficient (Wildman–Crippen LogP) is 2.27. The zero-order valence-electron chi connectivity index (χ0n) is 10.8. The molecule has 0 spiro atoms. The van der Waals surface area contributed by atoms with Gasteiger partial charge >= 0.3 is 0 Å². The van der Waals surface area contributed by atoms with E-state index in [9.17, 15) is 9.90 Å². The fourth-order valence-corrected chi connectivity index (χ4v) is 3.35. The largest absolute Gasteiger partial charge is 0.393 e. The Morgan fingerprint density at radius 1 is 1.44 bits per heavy atom. The van der Waals surface area contributed by atoms with Crippen molar-refractivity contribution >= 4 is 17.2 Å². The van der Waals surface area contributed by atoms with Crippen molar-refractivity contribution in [2.45, 2.75) is 45.1 Å². The molecule has 1 aliphatic rings. The van der Waals surface area contributed by atoms with Gasteiger partial charge in [0.2, 0.25) is 5.91 Å². The van der Waals surface area contributed by atoms with Crippen molar-refractivity contribution < 1.29 is 9.90 Å². The molecular formula is C14H21NO2S. The molecule has 0 atom stereocenters. The smallest absolute Gasteiger partial charge is 0.223 e. The topological polar surface area (TPSA) is 49.3 Å². The van der Waals surface area contributed by atoms with Crippen LogP contribution < -0.4 is 5.32 Å². The van der Waals surface area contributed by atoms with Crippen LogP contribution in [0.1, 0.15) is 36.1 Å². The minimum atomic E-state index is -0.192. The number of aryl methyl sites for hydroxylation is 1. The molecule has 0 aliphatic heterocycles. The highest BCUT2D eigenvalue weighted by atomic mass is 32.1. The fraction of sp³-hybridized carbons (Fsp3) is 0.643. The van der Waals surface area contributed by atoms with E-state index in [1.165, 1.54) is 10.4 Å². The summed E-state index contributed by atoms with van der Waals surface area (Å²) in [6.07, 6.45) is 3.91. The zero-order valence-corrected chi connectivity index (χ0v) is 11.6. The van der Waals surface area contributed by atoms with Crippen molar-refractivity contribution in [2.75, 3.05) is 6.54 Å². The first kappa shape index (κ1) is 13.6. The molecule has 0 aromatic carbocycles. The van der Waals surface area contributed by atoms with Crippen molar-refractivity contribution in [3.05, 3.63) is 21.9 Å². The number of carbonyl (C=O) groups is 1. The van der Waals surface area contributed by atoms with Crippen molar-refractivity contribution in [1.29, 1.82) is 0 Å². The standard InChI is InChI=1S/C14H21NO2S/c1-10-7-9-18-13(10)6-8-15-14(17)11-2-4-12(16)5-3-11/h7,9,11-12,16H,2-6,8H2,1H3,(H,15,17). The summed E-state index contributed by atoms with van der Waals surface area (Å²) in [4.78, 5) is 13.3. The van der Waals surface area contributed by atoms with Gasteiger partial charge in [0.25, 0.3) is 0 Å². The first-order valence-electron chi connectivity index (χ1n) is 6.65. The second-order valence-corrected chi connectivity index (χ2v) is 6.07. The monoisotopic (exact) mass is 267 g/mol. The van der Waals surface area contributed by atoms with Crippen LogP contribution in [0.25, 0.3) is 0 Å². The molecule has 18 heavy (non-hydrogen) atoms. The Morgan fingerprint density at radius 2 is 2.17 bits per heavy atom. The van der Waals surface area contributed by atoms with Gasteiger partial charge in [-0.05, 0) is 56.0 Å². The van der Waals surface area contributed by atoms with Gasteiger partial charge in [-0.3, -0.25) is 4.79 Å². The summed E-state index contributed by atoms with van der Waals surface area (Å²) in [5.74, 6) is 0.272. The minimum absolute atomic E-state index is 0.109. The average molecular weight is 267 g/mol. The molecule has 3 nitrogen and oxygen atoms in total. The molecule has 1 heterocycles. The molecule has 0 unspecified atom stereocenters. The zero-order chi connectivity index (χ0) is 13.0. The molecule has 2 N–H and O–H groups in total.